The Bertz CT molecular complexity index is 938. The molecule has 1 heterocycles. The number of aryl methyl sites for hydroxylation is 1. The van der Waals surface area contributed by atoms with E-state index in [1.54, 1.807) is 13.1 Å². The molecular weight excluding hydrogens is 332 g/mol. The lowest BCUT2D eigenvalue weighted by atomic mass is 10.0. The van der Waals surface area contributed by atoms with Gasteiger partial charge in [0.25, 0.3) is 5.91 Å². The number of carbonyl (C=O) groups excluding carboxylic acids is 1. The molecule has 126 valence electrons. The molecule has 1 amide bonds. The van der Waals surface area contributed by atoms with Crippen LogP contribution in [0.4, 0.5) is 0 Å². The molecule has 3 rings (SSSR count). The zero-order valence-electron chi connectivity index (χ0n) is 14.0. The van der Waals surface area contributed by atoms with Gasteiger partial charge in [-0.1, -0.05) is 48.0 Å². The van der Waals surface area contributed by atoms with E-state index in [-0.39, 0.29) is 5.91 Å². The van der Waals surface area contributed by atoms with E-state index in [0.717, 1.165) is 22.2 Å². The summed E-state index contributed by atoms with van der Waals surface area (Å²) in [5.74, 6) is -0.274. The first-order chi connectivity index (χ1) is 12.1. The fourth-order valence-electron chi connectivity index (χ4n) is 2.48. The second-order valence-electron chi connectivity index (χ2n) is 5.60. The molecule has 3 aromatic rings. The zero-order valence-corrected chi connectivity index (χ0v) is 14.8. The van der Waals surface area contributed by atoms with Crippen molar-refractivity contribution in [3.05, 3.63) is 65.7 Å². The molecule has 0 fully saturated rings. The van der Waals surface area contributed by atoms with Crippen LogP contribution in [0.15, 0.2) is 54.6 Å². The molecule has 0 atom stereocenters. The van der Waals surface area contributed by atoms with Crippen molar-refractivity contribution in [1.29, 1.82) is 0 Å². The van der Waals surface area contributed by atoms with Crippen molar-refractivity contribution in [3.63, 3.8) is 0 Å². The van der Waals surface area contributed by atoms with Gasteiger partial charge in [-0.05, 0) is 31.3 Å². The summed E-state index contributed by atoms with van der Waals surface area (Å²) in [6.45, 7) is 2.03. The van der Waals surface area contributed by atoms with E-state index >= 15 is 0 Å². The number of nitrogens with zero attached hydrogens (tertiary/aromatic N) is 1. The van der Waals surface area contributed by atoms with Gasteiger partial charge in [0.05, 0.1) is 16.8 Å². The second-order valence-corrected chi connectivity index (χ2v) is 6.00. The highest BCUT2D eigenvalue weighted by Crippen LogP contribution is 2.25. The molecule has 0 aliphatic heterocycles. The Labute approximate surface area is 151 Å². The molecule has 2 aromatic carbocycles. The van der Waals surface area contributed by atoms with Gasteiger partial charge in [0.15, 0.2) is 5.11 Å². The lowest BCUT2D eigenvalue weighted by molar-refractivity contribution is 0.0945. The van der Waals surface area contributed by atoms with Crippen molar-refractivity contribution in [1.82, 2.24) is 21.2 Å². The summed E-state index contributed by atoms with van der Waals surface area (Å²) >= 11 is 4.98. The number of rotatable bonds is 2. The van der Waals surface area contributed by atoms with Crippen LogP contribution < -0.4 is 16.2 Å². The van der Waals surface area contributed by atoms with Crippen LogP contribution in [-0.2, 0) is 0 Å². The van der Waals surface area contributed by atoms with Crippen molar-refractivity contribution < 1.29 is 4.79 Å². The summed E-state index contributed by atoms with van der Waals surface area (Å²) in [5, 5.41) is 3.87. The van der Waals surface area contributed by atoms with Crippen LogP contribution in [0.1, 0.15) is 15.9 Å². The molecule has 0 aliphatic rings. The van der Waals surface area contributed by atoms with Gasteiger partial charge in [-0.2, -0.15) is 0 Å². The minimum atomic E-state index is -0.274. The van der Waals surface area contributed by atoms with Gasteiger partial charge < -0.3 is 5.32 Å². The van der Waals surface area contributed by atoms with Crippen molar-refractivity contribution in [2.45, 2.75) is 6.92 Å². The number of fused-ring (bicyclic) bond motifs is 1. The fourth-order valence-corrected chi connectivity index (χ4v) is 2.53. The predicted octanol–water partition coefficient (Wildman–Crippen LogP) is 2.95. The fraction of sp³-hybridized carbons (Fsp3) is 0.105. The largest absolute Gasteiger partial charge is 0.364 e. The number of hydrazine groups is 1. The Morgan fingerprint density at radius 2 is 1.76 bits per heavy atom. The lowest BCUT2D eigenvalue weighted by Gasteiger charge is -2.12. The van der Waals surface area contributed by atoms with Gasteiger partial charge in [-0.25, -0.2) is 4.98 Å². The van der Waals surface area contributed by atoms with E-state index in [1.165, 1.54) is 5.56 Å². The van der Waals surface area contributed by atoms with Crippen molar-refractivity contribution in [3.8, 4) is 11.3 Å². The minimum absolute atomic E-state index is 0.274. The number of thiocarbonyl (C=S) groups is 1. The van der Waals surface area contributed by atoms with Gasteiger partial charge >= 0.3 is 0 Å². The average molecular weight is 350 g/mol. The standard InChI is InChI=1S/C19H18N4OS/c1-12-7-9-13(10-8-12)17-11-15(18(24)22-23-19(25)20-2)14-5-3-4-6-16(14)21-17/h3-11H,1-2H3,(H,22,24)(H2,20,23,25). The van der Waals surface area contributed by atoms with Gasteiger partial charge in [-0.15, -0.1) is 0 Å². The normalized spacial score (nSPS) is 10.3. The number of amides is 1. The maximum Gasteiger partial charge on any atom is 0.270 e. The molecule has 0 saturated heterocycles. The molecule has 1 aromatic heterocycles. The molecular formula is C19H18N4OS. The van der Waals surface area contributed by atoms with Gasteiger partial charge in [0.2, 0.25) is 0 Å². The predicted molar refractivity (Wildman–Crippen MR) is 104 cm³/mol. The number of hydrogen-bond donors (Lipinski definition) is 3. The van der Waals surface area contributed by atoms with Crippen LogP contribution in [0.2, 0.25) is 0 Å². The van der Waals surface area contributed by atoms with E-state index in [0.29, 0.717) is 10.7 Å². The monoisotopic (exact) mass is 350 g/mol. The Hall–Kier alpha value is -2.99. The van der Waals surface area contributed by atoms with Crippen LogP contribution in [0.25, 0.3) is 22.2 Å². The Morgan fingerprint density at radius 3 is 2.48 bits per heavy atom. The number of nitrogens with one attached hydrogen (secondary N) is 3. The second kappa shape index (κ2) is 7.27. The highest BCUT2D eigenvalue weighted by Gasteiger charge is 2.14. The number of carbonyl (C=O) groups is 1. The van der Waals surface area contributed by atoms with Crippen LogP contribution in [-0.4, -0.2) is 23.1 Å². The van der Waals surface area contributed by atoms with Gasteiger partial charge in [0, 0.05) is 18.0 Å². The molecule has 25 heavy (non-hydrogen) atoms. The number of benzene rings is 2. The summed E-state index contributed by atoms with van der Waals surface area (Å²) in [5.41, 5.74) is 9.46. The maximum atomic E-state index is 12.6. The summed E-state index contributed by atoms with van der Waals surface area (Å²) in [6, 6.07) is 17.4. The van der Waals surface area contributed by atoms with Crippen molar-refractivity contribution in [2.24, 2.45) is 0 Å². The van der Waals surface area contributed by atoms with E-state index in [2.05, 4.69) is 16.2 Å². The molecule has 0 unspecified atom stereocenters. The average Bonchev–Trinajstić information content (AvgIpc) is 2.65. The first kappa shape index (κ1) is 16.9. The van der Waals surface area contributed by atoms with Gasteiger partial charge in [-0.3, -0.25) is 15.6 Å². The molecule has 6 heteroatoms. The summed E-state index contributed by atoms with van der Waals surface area (Å²) in [7, 11) is 1.68. The summed E-state index contributed by atoms with van der Waals surface area (Å²) in [6.07, 6.45) is 0. The van der Waals surface area contributed by atoms with E-state index in [4.69, 9.17) is 17.2 Å². The van der Waals surface area contributed by atoms with Crippen molar-refractivity contribution in [2.75, 3.05) is 7.05 Å². The minimum Gasteiger partial charge on any atom is -0.364 e. The first-order valence-corrected chi connectivity index (χ1v) is 8.24. The van der Waals surface area contributed by atoms with Crippen LogP contribution in [0, 0.1) is 6.92 Å². The molecule has 0 aliphatic carbocycles. The smallest absolute Gasteiger partial charge is 0.270 e. The highest BCUT2D eigenvalue weighted by atomic mass is 32.1. The molecule has 0 spiro atoms. The zero-order chi connectivity index (χ0) is 17.8. The maximum absolute atomic E-state index is 12.6. The van der Waals surface area contributed by atoms with Crippen molar-refractivity contribution >= 4 is 34.1 Å². The SMILES string of the molecule is CNC(=S)NNC(=O)c1cc(-c2ccc(C)cc2)nc2ccccc12. The molecule has 5 nitrogen and oxygen atoms in total. The van der Waals surface area contributed by atoms with E-state index in [1.807, 2.05) is 55.5 Å². The lowest BCUT2D eigenvalue weighted by Crippen LogP contribution is -2.45. The molecule has 0 saturated carbocycles. The first-order valence-electron chi connectivity index (χ1n) is 7.83. The number of hydrogen-bond acceptors (Lipinski definition) is 3. The molecule has 3 N–H and O–H groups in total. The number of para-hydroxylation sites is 1. The number of pyridine rings is 1. The Morgan fingerprint density at radius 1 is 1.04 bits per heavy atom. The highest BCUT2D eigenvalue weighted by molar-refractivity contribution is 7.80. The third kappa shape index (κ3) is 3.75. The van der Waals surface area contributed by atoms with Gasteiger partial charge in [0.1, 0.15) is 0 Å². The van der Waals surface area contributed by atoms with Crippen LogP contribution >= 0.6 is 12.2 Å². The Kier molecular flexibility index (Phi) is 4.90. The van der Waals surface area contributed by atoms with Crippen LogP contribution in [0.3, 0.4) is 0 Å². The topological polar surface area (TPSA) is 66.0 Å². The van der Waals surface area contributed by atoms with Crippen LogP contribution in [0.5, 0.6) is 0 Å². The Balaban J connectivity index is 2.05. The van der Waals surface area contributed by atoms with E-state index in [9.17, 15) is 4.79 Å². The molecule has 0 bridgehead atoms. The third-order valence-electron chi connectivity index (χ3n) is 3.82. The number of aromatic nitrogens is 1. The van der Waals surface area contributed by atoms with E-state index < -0.39 is 0 Å². The quantitative estimate of drug-likeness (QED) is 0.490. The third-order valence-corrected chi connectivity index (χ3v) is 4.13. The summed E-state index contributed by atoms with van der Waals surface area (Å²) in [4.78, 5) is 17.3. The summed E-state index contributed by atoms with van der Waals surface area (Å²) < 4.78 is 0. The molecule has 0 radical (unpaired) electrons.